The lowest BCUT2D eigenvalue weighted by Gasteiger charge is -2.38. The number of nitrogens with zero attached hydrogens (tertiary/aromatic N) is 1. The first-order chi connectivity index (χ1) is 18.4. The lowest BCUT2D eigenvalue weighted by molar-refractivity contribution is 0.0586. The van der Waals surface area contributed by atoms with Crippen molar-refractivity contribution >= 4 is 16.9 Å². The van der Waals surface area contributed by atoms with Gasteiger partial charge in [-0.05, 0) is 66.4 Å². The number of methoxy groups -OCH3 is 3. The molecule has 0 fully saturated rings. The van der Waals surface area contributed by atoms with Crippen LogP contribution in [0.5, 0.6) is 23.0 Å². The Morgan fingerprint density at radius 3 is 2.45 bits per heavy atom. The van der Waals surface area contributed by atoms with Gasteiger partial charge in [-0.3, -0.25) is 4.79 Å². The van der Waals surface area contributed by atoms with E-state index in [9.17, 15) is 9.59 Å². The van der Waals surface area contributed by atoms with Gasteiger partial charge in [0.15, 0.2) is 11.5 Å². The van der Waals surface area contributed by atoms with Crippen molar-refractivity contribution in [3.8, 4) is 23.0 Å². The van der Waals surface area contributed by atoms with Gasteiger partial charge in [-0.1, -0.05) is 12.1 Å². The number of para-hydroxylation sites is 1. The number of carbonyl (C=O) groups is 1. The van der Waals surface area contributed by atoms with Crippen molar-refractivity contribution in [1.82, 2.24) is 4.90 Å². The summed E-state index contributed by atoms with van der Waals surface area (Å²) in [4.78, 5) is 27.5. The molecule has 1 aliphatic rings. The highest BCUT2D eigenvalue weighted by Crippen LogP contribution is 2.39. The van der Waals surface area contributed by atoms with Gasteiger partial charge >= 0.3 is 5.63 Å². The number of benzene rings is 3. The average molecular weight is 516 g/mol. The standard InChI is InChI=1S/C30H29NO7/c1-18-13-29(32)38-26-15-20(9-10-21(18)26)37-17-24-23-16-28(36-4)27(35-3)14-19(23)11-12-31(24)30(33)22-7-5-6-8-25(22)34-2/h5-10,13-16,24H,11-12,17H2,1-4H3. The number of aryl methyl sites for hydroxylation is 1. The molecule has 0 aliphatic carbocycles. The lowest BCUT2D eigenvalue weighted by Crippen LogP contribution is -2.42. The van der Waals surface area contributed by atoms with E-state index in [-0.39, 0.29) is 12.5 Å². The third kappa shape index (κ3) is 4.65. The summed E-state index contributed by atoms with van der Waals surface area (Å²) in [6, 6.07) is 17.5. The summed E-state index contributed by atoms with van der Waals surface area (Å²) in [5, 5.41) is 0.838. The summed E-state index contributed by atoms with van der Waals surface area (Å²) in [5.74, 6) is 2.09. The lowest BCUT2D eigenvalue weighted by atomic mass is 9.91. The third-order valence-electron chi connectivity index (χ3n) is 6.93. The fraction of sp³-hybridized carbons (Fsp3) is 0.267. The van der Waals surface area contributed by atoms with Crippen molar-refractivity contribution in [1.29, 1.82) is 0 Å². The molecule has 38 heavy (non-hydrogen) atoms. The Bertz CT molecular complexity index is 1560. The molecular formula is C30H29NO7. The summed E-state index contributed by atoms with van der Waals surface area (Å²) >= 11 is 0. The number of ether oxygens (including phenoxy) is 4. The highest BCUT2D eigenvalue weighted by Gasteiger charge is 2.34. The number of amides is 1. The van der Waals surface area contributed by atoms with E-state index in [0.717, 1.165) is 22.1 Å². The second kappa shape index (κ2) is 10.5. The van der Waals surface area contributed by atoms with Gasteiger partial charge in [0.2, 0.25) is 0 Å². The first-order valence-corrected chi connectivity index (χ1v) is 12.3. The van der Waals surface area contributed by atoms with Crippen LogP contribution in [0.4, 0.5) is 0 Å². The molecule has 8 nitrogen and oxygen atoms in total. The van der Waals surface area contributed by atoms with E-state index in [1.54, 1.807) is 44.4 Å². The van der Waals surface area contributed by atoms with Gasteiger partial charge in [-0.25, -0.2) is 4.79 Å². The average Bonchev–Trinajstić information content (AvgIpc) is 2.94. The van der Waals surface area contributed by atoms with Crippen molar-refractivity contribution in [3.05, 3.63) is 93.3 Å². The first kappa shape index (κ1) is 25.2. The van der Waals surface area contributed by atoms with Gasteiger partial charge < -0.3 is 28.3 Å². The van der Waals surface area contributed by atoms with Crippen LogP contribution in [-0.2, 0) is 6.42 Å². The van der Waals surface area contributed by atoms with Gasteiger partial charge in [0.25, 0.3) is 5.91 Å². The van der Waals surface area contributed by atoms with Crippen LogP contribution in [0, 0.1) is 6.92 Å². The van der Waals surface area contributed by atoms with Gasteiger partial charge in [0.05, 0.1) is 32.9 Å². The van der Waals surface area contributed by atoms with Gasteiger partial charge in [0.1, 0.15) is 23.7 Å². The molecule has 0 saturated carbocycles. The number of hydrogen-bond donors (Lipinski definition) is 0. The normalized spacial score (nSPS) is 14.6. The quantitative estimate of drug-likeness (QED) is 0.322. The van der Waals surface area contributed by atoms with Crippen LogP contribution in [0.3, 0.4) is 0 Å². The van der Waals surface area contributed by atoms with Crippen molar-refractivity contribution in [3.63, 3.8) is 0 Å². The van der Waals surface area contributed by atoms with E-state index in [4.69, 9.17) is 23.4 Å². The Morgan fingerprint density at radius 2 is 1.68 bits per heavy atom. The van der Waals surface area contributed by atoms with Crippen molar-refractivity contribution in [2.45, 2.75) is 19.4 Å². The number of fused-ring (bicyclic) bond motifs is 2. The maximum Gasteiger partial charge on any atom is 0.336 e. The zero-order valence-electron chi connectivity index (χ0n) is 21.8. The van der Waals surface area contributed by atoms with Gasteiger partial charge in [-0.15, -0.1) is 0 Å². The second-order valence-corrected chi connectivity index (χ2v) is 9.09. The Labute approximate surface area is 220 Å². The molecule has 2 heterocycles. The van der Waals surface area contributed by atoms with E-state index in [0.29, 0.717) is 47.1 Å². The molecule has 0 radical (unpaired) electrons. The van der Waals surface area contributed by atoms with Gasteiger partial charge in [0, 0.05) is 24.1 Å². The summed E-state index contributed by atoms with van der Waals surface area (Å²) in [5.41, 5.74) is 3.32. The highest BCUT2D eigenvalue weighted by atomic mass is 16.5. The van der Waals surface area contributed by atoms with Crippen molar-refractivity contribution in [2.24, 2.45) is 0 Å². The minimum Gasteiger partial charge on any atom is -0.496 e. The SMILES string of the molecule is COc1cc2c(cc1OC)C(COc1ccc3c(C)cc(=O)oc3c1)N(C(=O)c1ccccc1OC)CC2. The van der Waals surface area contributed by atoms with E-state index in [2.05, 4.69) is 0 Å². The van der Waals surface area contributed by atoms with Crippen LogP contribution >= 0.6 is 0 Å². The van der Waals surface area contributed by atoms with Crippen LogP contribution < -0.4 is 24.6 Å². The number of rotatable bonds is 7. The topological polar surface area (TPSA) is 87.4 Å². The molecule has 1 atom stereocenters. The fourth-order valence-corrected chi connectivity index (χ4v) is 5.00. The Balaban J connectivity index is 1.53. The fourth-order valence-electron chi connectivity index (χ4n) is 5.00. The molecule has 1 amide bonds. The highest BCUT2D eigenvalue weighted by molar-refractivity contribution is 5.97. The van der Waals surface area contributed by atoms with Crippen LogP contribution in [0.25, 0.3) is 11.0 Å². The van der Waals surface area contributed by atoms with Crippen molar-refractivity contribution < 1.29 is 28.2 Å². The molecule has 1 unspecified atom stereocenters. The molecule has 8 heteroatoms. The maximum atomic E-state index is 13.8. The van der Waals surface area contributed by atoms with Crippen LogP contribution in [0.1, 0.15) is 33.1 Å². The largest absolute Gasteiger partial charge is 0.496 e. The Kier molecular flexibility index (Phi) is 6.96. The van der Waals surface area contributed by atoms with Crippen LogP contribution in [-0.4, -0.2) is 45.3 Å². The number of hydrogen-bond acceptors (Lipinski definition) is 7. The monoisotopic (exact) mass is 515 g/mol. The molecule has 1 aliphatic heterocycles. The minimum atomic E-state index is -0.420. The molecule has 5 rings (SSSR count). The second-order valence-electron chi connectivity index (χ2n) is 9.09. The molecule has 1 aromatic heterocycles. The Hall–Kier alpha value is -4.46. The minimum absolute atomic E-state index is 0.156. The number of carbonyl (C=O) groups excluding carboxylic acids is 1. The van der Waals surface area contributed by atoms with E-state index in [1.807, 2.05) is 43.3 Å². The predicted octanol–water partition coefficient (Wildman–Crippen LogP) is 4.95. The summed E-state index contributed by atoms with van der Waals surface area (Å²) < 4.78 is 28.2. The zero-order chi connectivity index (χ0) is 26.8. The van der Waals surface area contributed by atoms with Gasteiger partial charge in [-0.2, -0.15) is 0 Å². The molecule has 196 valence electrons. The predicted molar refractivity (Wildman–Crippen MR) is 143 cm³/mol. The molecule has 0 spiro atoms. The maximum absolute atomic E-state index is 13.8. The molecule has 4 aromatic rings. The van der Waals surface area contributed by atoms with Crippen molar-refractivity contribution in [2.75, 3.05) is 34.5 Å². The molecule has 0 N–H and O–H groups in total. The van der Waals surface area contributed by atoms with E-state index in [1.165, 1.54) is 6.07 Å². The summed E-state index contributed by atoms with van der Waals surface area (Å²) in [6.45, 7) is 2.52. The molecule has 0 bridgehead atoms. The third-order valence-corrected chi connectivity index (χ3v) is 6.93. The van der Waals surface area contributed by atoms with E-state index < -0.39 is 11.7 Å². The Morgan fingerprint density at radius 1 is 0.947 bits per heavy atom. The smallest absolute Gasteiger partial charge is 0.336 e. The summed E-state index contributed by atoms with van der Waals surface area (Å²) in [7, 11) is 4.74. The zero-order valence-corrected chi connectivity index (χ0v) is 21.8. The van der Waals surface area contributed by atoms with Crippen LogP contribution in [0.15, 0.2) is 69.9 Å². The summed E-state index contributed by atoms with van der Waals surface area (Å²) in [6.07, 6.45) is 0.646. The molecule has 3 aromatic carbocycles. The molecular weight excluding hydrogens is 486 g/mol. The first-order valence-electron chi connectivity index (χ1n) is 12.3. The van der Waals surface area contributed by atoms with Crippen LogP contribution in [0.2, 0.25) is 0 Å². The molecule has 0 saturated heterocycles. The van der Waals surface area contributed by atoms with E-state index >= 15 is 0 Å².